The van der Waals surface area contributed by atoms with Crippen LogP contribution < -0.4 is 10.6 Å². The Bertz CT molecular complexity index is 595. The molecule has 2 atom stereocenters. The summed E-state index contributed by atoms with van der Waals surface area (Å²) in [6.45, 7) is 3.96. The predicted octanol–water partition coefficient (Wildman–Crippen LogP) is 2.67. The Labute approximate surface area is 145 Å². The van der Waals surface area contributed by atoms with Gasteiger partial charge < -0.3 is 15.7 Å². The van der Waals surface area contributed by atoms with Crippen molar-refractivity contribution in [1.82, 2.24) is 5.32 Å². The lowest BCUT2D eigenvalue weighted by molar-refractivity contribution is -0.124. The van der Waals surface area contributed by atoms with E-state index in [4.69, 9.17) is 11.6 Å². The lowest BCUT2D eigenvalue weighted by Crippen LogP contribution is -2.41. The van der Waals surface area contributed by atoms with Crippen LogP contribution in [0.3, 0.4) is 0 Å². The number of aliphatic hydroxyl groups is 1. The summed E-state index contributed by atoms with van der Waals surface area (Å²) in [7, 11) is 0. The van der Waals surface area contributed by atoms with Crippen molar-refractivity contribution in [3.05, 3.63) is 23.2 Å². The van der Waals surface area contributed by atoms with Gasteiger partial charge in [0.1, 0.15) is 0 Å². The van der Waals surface area contributed by atoms with E-state index in [2.05, 4.69) is 10.6 Å². The van der Waals surface area contributed by atoms with Crippen LogP contribution in [0.1, 0.15) is 26.7 Å². The average Bonchev–Trinajstić information content (AvgIpc) is 2.47. The number of anilines is 1. The van der Waals surface area contributed by atoms with Gasteiger partial charge in [-0.1, -0.05) is 25.4 Å². The number of rotatable bonds is 6. The molecule has 3 N–H and O–H groups in total. The molecule has 1 aliphatic heterocycles. The largest absolute Gasteiger partial charge is 0.394 e. The molecular formula is C16H21ClN2O3S. The first kappa shape index (κ1) is 18.1. The van der Waals surface area contributed by atoms with E-state index in [1.165, 1.54) is 11.8 Å². The molecule has 0 bridgehead atoms. The molecule has 1 aromatic carbocycles. The third-order valence-electron chi connectivity index (χ3n) is 3.47. The topological polar surface area (TPSA) is 78.4 Å². The van der Waals surface area contributed by atoms with Crippen molar-refractivity contribution in [2.45, 2.75) is 42.9 Å². The van der Waals surface area contributed by atoms with Crippen LogP contribution in [0.25, 0.3) is 0 Å². The normalized spacial score (nSPS) is 18.3. The molecule has 0 saturated heterocycles. The molecule has 0 spiro atoms. The second-order valence-corrected chi connectivity index (χ2v) is 7.70. The van der Waals surface area contributed by atoms with Crippen LogP contribution in [0, 0.1) is 5.92 Å². The summed E-state index contributed by atoms with van der Waals surface area (Å²) in [6.07, 6.45) is 0.779. The molecule has 1 aliphatic rings. The number of hydrogen-bond donors (Lipinski definition) is 3. The molecule has 0 aromatic heterocycles. The number of fused-ring (bicyclic) bond motifs is 1. The van der Waals surface area contributed by atoms with Crippen LogP contribution >= 0.6 is 23.4 Å². The quantitative estimate of drug-likeness (QED) is 0.732. The molecule has 5 nitrogen and oxygen atoms in total. The highest BCUT2D eigenvalue weighted by atomic mass is 35.5. The summed E-state index contributed by atoms with van der Waals surface area (Å²) in [6, 6.07) is 5.02. The molecule has 23 heavy (non-hydrogen) atoms. The van der Waals surface area contributed by atoms with Crippen molar-refractivity contribution >= 4 is 40.9 Å². The van der Waals surface area contributed by atoms with Crippen molar-refractivity contribution < 1.29 is 14.7 Å². The number of amides is 2. The van der Waals surface area contributed by atoms with Gasteiger partial charge in [0.05, 0.1) is 23.6 Å². The van der Waals surface area contributed by atoms with Gasteiger partial charge in [0.2, 0.25) is 11.8 Å². The molecule has 126 valence electrons. The zero-order valence-corrected chi connectivity index (χ0v) is 14.7. The van der Waals surface area contributed by atoms with Gasteiger partial charge in [-0.15, -0.1) is 11.8 Å². The Balaban J connectivity index is 1.96. The van der Waals surface area contributed by atoms with E-state index >= 15 is 0 Å². The van der Waals surface area contributed by atoms with Crippen molar-refractivity contribution in [2.75, 3.05) is 11.9 Å². The summed E-state index contributed by atoms with van der Waals surface area (Å²) in [5.41, 5.74) is 0.678. The fourth-order valence-electron chi connectivity index (χ4n) is 2.46. The van der Waals surface area contributed by atoms with Gasteiger partial charge in [0.15, 0.2) is 0 Å². The highest BCUT2D eigenvalue weighted by molar-refractivity contribution is 8.01. The standard InChI is InChI=1S/C16H21ClN2O3S/c1-9(2)5-11(8-20)18-15(21)7-14-16(22)19-12-6-10(17)3-4-13(12)23-14/h3-4,6,9,11,14,20H,5,7-8H2,1-2H3,(H,18,21)(H,19,22)/t11-,14-/m1/s1. The molecule has 0 fully saturated rings. The molecule has 0 aliphatic carbocycles. The van der Waals surface area contributed by atoms with Gasteiger partial charge in [-0.05, 0) is 30.5 Å². The number of aliphatic hydroxyl groups excluding tert-OH is 1. The molecule has 0 unspecified atom stereocenters. The number of hydrogen-bond acceptors (Lipinski definition) is 4. The molecule has 1 heterocycles. The van der Waals surface area contributed by atoms with Crippen LogP contribution in [0.15, 0.2) is 23.1 Å². The number of nitrogens with one attached hydrogen (secondary N) is 2. The number of benzene rings is 1. The Hall–Kier alpha value is -1.24. The monoisotopic (exact) mass is 356 g/mol. The lowest BCUT2D eigenvalue weighted by Gasteiger charge is -2.25. The Morgan fingerprint density at radius 2 is 2.22 bits per heavy atom. The summed E-state index contributed by atoms with van der Waals surface area (Å²) < 4.78 is 0. The van der Waals surface area contributed by atoms with Crippen molar-refractivity contribution in [1.29, 1.82) is 0 Å². The average molecular weight is 357 g/mol. The van der Waals surface area contributed by atoms with Gasteiger partial charge in [-0.25, -0.2) is 0 Å². The van der Waals surface area contributed by atoms with Crippen LogP contribution in [0.5, 0.6) is 0 Å². The van der Waals surface area contributed by atoms with Crippen LogP contribution in [-0.2, 0) is 9.59 Å². The van der Waals surface area contributed by atoms with E-state index in [0.717, 1.165) is 4.90 Å². The highest BCUT2D eigenvalue weighted by Crippen LogP contribution is 2.38. The number of carbonyl (C=O) groups excluding carboxylic acids is 2. The number of halogens is 1. The number of thioether (sulfide) groups is 1. The van der Waals surface area contributed by atoms with Crippen molar-refractivity contribution in [3.63, 3.8) is 0 Å². The van der Waals surface area contributed by atoms with E-state index in [1.54, 1.807) is 12.1 Å². The third kappa shape index (κ3) is 5.12. The second-order valence-electron chi connectivity index (χ2n) is 6.02. The minimum absolute atomic E-state index is 0.0765. The Morgan fingerprint density at radius 3 is 2.87 bits per heavy atom. The predicted molar refractivity (Wildman–Crippen MR) is 92.8 cm³/mol. The minimum atomic E-state index is -0.484. The molecule has 2 amide bonds. The zero-order chi connectivity index (χ0) is 17.0. The van der Waals surface area contributed by atoms with Gasteiger partial charge in [0, 0.05) is 16.3 Å². The van der Waals surface area contributed by atoms with E-state index in [-0.39, 0.29) is 30.9 Å². The molecule has 2 rings (SSSR count). The minimum Gasteiger partial charge on any atom is -0.394 e. The fraction of sp³-hybridized carbons (Fsp3) is 0.500. The summed E-state index contributed by atoms with van der Waals surface area (Å²) >= 11 is 7.27. The lowest BCUT2D eigenvalue weighted by atomic mass is 10.0. The van der Waals surface area contributed by atoms with Crippen LogP contribution in [-0.4, -0.2) is 34.8 Å². The highest BCUT2D eigenvalue weighted by Gasteiger charge is 2.29. The van der Waals surface area contributed by atoms with E-state index in [9.17, 15) is 14.7 Å². The Kier molecular flexibility index (Phi) is 6.33. The van der Waals surface area contributed by atoms with E-state index in [1.807, 2.05) is 19.9 Å². The Morgan fingerprint density at radius 1 is 1.48 bits per heavy atom. The zero-order valence-electron chi connectivity index (χ0n) is 13.1. The molecule has 0 radical (unpaired) electrons. The van der Waals surface area contributed by atoms with Crippen LogP contribution in [0.4, 0.5) is 5.69 Å². The fourth-order valence-corrected chi connectivity index (χ4v) is 3.72. The van der Waals surface area contributed by atoms with Crippen LogP contribution in [0.2, 0.25) is 5.02 Å². The first-order valence-corrected chi connectivity index (χ1v) is 8.82. The van der Waals surface area contributed by atoms with Gasteiger partial charge >= 0.3 is 0 Å². The molecular weight excluding hydrogens is 336 g/mol. The van der Waals surface area contributed by atoms with Crippen molar-refractivity contribution in [2.24, 2.45) is 5.92 Å². The first-order chi connectivity index (χ1) is 10.9. The SMILES string of the molecule is CC(C)C[C@H](CO)NC(=O)C[C@H]1Sc2ccc(Cl)cc2NC1=O. The van der Waals surface area contributed by atoms with Gasteiger partial charge in [-0.3, -0.25) is 9.59 Å². The van der Waals surface area contributed by atoms with E-state index in [0.29, 0.717) is 23.0 Å². The second kappa shape index (κ2) is 8.04. The maximum absolute atomic E-state index is 12.1. The molecule has 7 heteroatoms. The molecule has 0 saturated carbocycles. The summed E-state index contributed by atoms with van der Waals surface area (Å²) in [4.78, 5) is 25.2. The molecule has 1 aromatic rings. The first-order valence-electron chi connectivity index (χ1n) is 7.56. The van der Waals surface area contributed by atoms with E-state index < -0.39 is 5.25 Å². The van der Waals surface area contributed by atoms with Gasteiger partial charge in [0.25, 0.3) is 0 Å². The van der Waals surface area contributed by atoms with Crippen molar-refractivity contribution in [3.8, 4) is 0 Å². The maximum atomic E-state index is 12.1. The van der Waals surface area contributed by atoms with Gasteiger partial charge in [-0.2, -0.15) is 0 Å². The number of carbonyl (C=O) groups is 2. The maximum Gasteiger partial charge on any atom is 0.238 e. The third-order valence-corrected chi connectivity index (χ3v) is 4.98. The summed E-state index contributed by atoms with van der Waals surface area (Å²) in [5.74, 6) is -0.0597. The smallest absolute Gasteiger partial charge is 0.238 e. The summed E-state index contributed by atoms with van der Waals surface area (Å²) in [5, 5.41) is 15.0.